The van der Waals surface area contributed by atoms with Crippen molar-refractivity contribution in [2.24, 2.45) is 0 Å². The van der Waals surface area contributed by atoms with Crippen LogP contribution >= 0.6 is 11.6 Å². The van der Waals surface area contributed by atoms with Gasteiger partial charge in [-0.3, -0.25) is 4.79 Å². The van der Waals surface area contributed by atoms with E-state index in [2.05, 4.69) is 10.3 Å². The minimum atomic E-state index is -0.103. The van der Waals surface area contributed by atoms with E-state index in [4.69, 9.17) is 16.3 Å². The molecule has 0 aliphatic heterocycles. The summed E-state index contributed by atoms with van der Waals surface area (Å²) >= 11 is 5.73. The highest BCUT2D eigenvalue weighted by atomic mass is 35.5. The second kappa shape index (κ2) is 5.47. The number of carbonyl (C=O) groups excluding carboxylic acids is 1. The number of carbonyl (C=O) groups is 1. The molecule has 0 saturated heterocycles. The first-order valence-corrected chi connectivity index (χ1v) is 6.11. The van der Waals surface area contributed by atoms with Crippen molar-refractivity contribution in [1.82, 2.24) is 10.3 Å². The van der Waals surface area contributed by atoms with Gasteiger partial charge in [0.2, 0.25) is 0 Å². The van der Waals surface area contributed by atoms with Gasteiger partial charge in [0, 0.05) is 24.4 Å². The highest BCUT2D eigenvalue weighted by molar-refractivity contribution is 6.29. The fourth-order valence-electron chi connectivity index (χ4n) is 1.87. The van der Waals surface area contributed by atoms with E-state index in [0.717, 1.165) is 19.4 Å². The summed E-state index contributed by atoms with van der Waals surface area (Å²) in [5.74, 6) is -0.103. The number of hydrogen-bond acceptors (Lipinski definition) is 3. The van der Waals surface area contributed by atoms with Crippen molar-refractivity contribution in [3.63, 3.8) is 0 Å². The standard InChI is InChI=1S/C12H15ClN2O2/c1-2-17-10-6-9(7-10)15-12(16)8-3-4-14-11(13)5-8/h3-5,9-10H,2,6-7H2,1H3,(H,15,16). The zero-order valence-corrected chi connectivity index (χ0v) is 10.4. The zero-order valence-electron chi connectivity index (χ0n) is 9.65. The summed E-state index contributed by atoms with van der Waals surface area (Å²) in [6, 6.07) is 3.43. The number of amides is 1. The average Bonchev–Trinajstić information content (AvgIpc) is 2.26. The van der Waals surface area contributed by atoms with Gasteiger partial charge in [-0.2, -0.15) is 0 Å². The van der Waals surface area contributed by atoms with E-state index in [1.807, 2.05) is 6.92 Å². The molecule has 1 amide bonds. The molecule has 1 aliphatic rings. The van der Waals surface area contributed by atoms with Gasteiger partial charge in [-0.05, 0) is 31.9 Å². The summed E-state index contributed by atoms with van der Waals surface area (Å²) in [5, 5.41) is 3.27. The van der Waals surface area contributed by atoms with Gasteiger partial charge in [-0.15, -0.1) is 0 Å². The summed E-state index contributed by atoms with van der Waals surface area (Å²) in [7, 11) is 0. The lowest BCUT2D eigenvalue weighted by atomic mass is 9.89. The van der Waals surface area contributed by atoms with Crippen LogP contribution in [-0.4, -0.2) is 29.6 Å². The maximum atomic E-state index is 11.8. The van der Waals surface area contributed by atoms with Crippen LogP contribution in [0.3, 0.4) is 0 Å². The third-order valence-electron chi connectivity index (χ3n) is 2.82. The Bertz CT molecular complexity index is 405. The van der Waals surface area contributed by atoms with Gasteiger partial charge < -0.3 is 10.1 Å². The third-order valence-corrected chi connectivity index (χ3v) is 3.03. The SMILES string of the molecule is CCOC1CC(NC(=O)c2ccnc(Cl)c2)C1. The Kier molecular flexibility index (Phi) is 3.97. The number of nitrogens with one attached hydrogen (secondary N) is 1. The van der Waals surface area contributed by atoms with Crippen LogP contribution in [0.2, 0.25) is 5.15 Å². The fraction of sp³-hybridized carbons (Fsp3) is 0.500. The molecule has 4 nitrogen and oxygen atoms in total. The number of ether oxygens (including phenoxy) is 1. The minimum absolute atomic E-state index is 0.103. The molecule has 92 valence electrons. The van der Waals surface area contributed by atoms with E-state index in [1.54, 1.807) is 12.1 Å². The quantitative estimate of drug-likeness (QED) is 0.837. The van der Waals surface area contributed by atoms with Crippen molar-refractivity contribution < 1.29 is 9.53 Å². The predicted molar refractivity (Wildman–Crippen MR) is 65.1 cm³/mol. The molecule has 17 heavy (non-hydrogen) atoms. The van der Waals surface area contributed by atoms with Crippen molar-refractivity contribution in [3.05, 3.63) is 29.0 Å². The molecule has 1 aromatic heterocycles. The molecule has 0 bridgehead atoms. The van der Waals surface area contributed by atoms with Crippen LogP contribution in [0, 0.1) is 0 Å². The Morgan fingerprint density at radius 2 is 2.41 bits per heavy atom. The van der Waals surface area contributed by atoms with Gasteiger partial charge >= 0.3 is 0 Å². The van der Waals surface area contributed by atoms with Crippen LogP contribution in [-0.2, 0) is 4.74 Å². The molecular weight excluding hydrogens is 240 g/mol. The Morgan fingerprint density at radius 1 is 1.65 bits per heavy atom. The molecule has 1 fully saturated rings. The molecule has 1 heterocycles. The van der Waals surface area contributed by atoms with Gasteiger partial charge in [-0.1, -0.05) is 11.6 Å². The molecule has 2 rings (SSSR count). The first-order valence-electron chi connectivity index (χ1n) is 5.73. The molecule has 0 spiro atoms. The summed E-state index contributed by atoms with van der Waals surface area (Å²) in [5.41, 5.74) is 0.546. The number of hydrogen-bond donors (Lipinski definition) is 1. The van der Waals surface area contributed by atoms with Crippen LogP contribution in [0.4, 0.5) is 0 Å². The first-order chi connectivity index (χ1) is 8.19. The maximum Gasteiger partial charge on any atom is 0.251 e. The summed E-state index contributed by atoms with van der Waals surface area (Å²) in [6.07, 6.45) is 3.60. The molecule has 1 aliphatic carbocycles. The number of halogens is 1. The normalized spacial score (nSPS) is 22.9. The number of aromatic nitrogens is 1. The second-order valence-electron chi connectivity index (χ2n) is 4.09. The van der Waals surface area contributed by atoms with Crippen molar-refractivity contribution in [2.45, 2.75) is 31.9 Å². The van der Waals surface area contributed by atoms with Gasteiger partial charge in [0.05, 0.1) is 6.10 Å². The second-order valence-corrected chi connectivity index (χ2v) is 4.47. The van der Waals surface area contributed by atoms with Gasteiger partial charge in [0.25, 0.3) is 5.91 Å². The van der Waals surface area contributed by atoms with E-state index < -0.39 is 0 Å². The zero-order chi connectivity index (χ0) is 12.3. The third kappa shape index (κ3) is 3.17. The van der Waals surface area contributed by atoms with Crippen LogP contribution in [0.15, 0.2) is 18.3 Å². The lowest BCUT2D eigenvalue weighted by molar-refractivity contribution is -0.00862. The van der Waals surface area contributed by atoms with Crippen LogP contribution in [0.5, 0.6) is 0 Å². The summed E-state index contributed by atoms with van der Waals surface area (Å²) in [4.78, 5) is 15.7. The molecule has 1 saturated carbocycles. The average molecular weight is 255 g/mol. The molecule has 1 N–H and O–H groups in total. The van der Waals surface area contributed by atoms with E-state index in [9.17, 15) is 4.79 Å². The van der Waals surface area contributed by atoms with Gasteiger partial charge in [0.1, 0.15) is 5.15 Å². The number of nitrogens with zero attached hydrogens (tertiary/aromatic N) is 1. The van der Waals surface area contributed by atoms with E-state index in [0.29, 0.717) is 16.8 Å². The topological polar surface area (TPSA) is 51.2 Å². The summed E-state index contributed by atoms with van der Waals surface area (Å²) < 4.78 is 5.43. The van der Waals surface area contributed by atoms with Gasteiger partial charge in [0.15, 0.2) is 0 Å². The van der Waals surface area contributed by atoms with Crippen molar-refractivity contribution in [3.8, 4) is 0 Å². The van der Waals surface area contributed by atoms with Crippen molar-refractivity contribution in [1.29, 1.82) is 0 Å². The number of rotatable bonds is 4. The van der Waals surface area contributed by atoms with Crippen LogP contribution < -0.4 is 5.32 Å². The largest absolute Gasteiger partial charge is 0.378 e. The lowest BCUT2D eigenvalue weighted by Gasteiger charge is -2.35. The summed E-state index contributed by atoms with van der Waals surface area (Å²) in [6.45, 7) is 2.70. The molecule has 0 atom stereocenters. The molecule has 1 aromatic rings. The Hall–Kier alpha value is -1.13. The van der Waals surface area contributed by atoms with E-state index >= 15 is 0 Å². The molecular formula is C12H15ClN2O2. The van der Waals surface area contributed by atoms with Gasteiger partial charge in [-0.25, -0.2) is 4.98 Å². The molecule has 0 unspecified atom stereocenters. The number of pyridine rings is 1. The van der Waals surface area contributed by atoms with Crippen LogP contribution in [0.25, 0.3) is 0 Å². The highest BCUT2D eigenvalue weighted by Gasteiger charge is 2.30. The molecule has 5 heteroatoms. The van der Waals surface area contributed by atoms with E-state index in [1.165, 1.54) is 6.20 Å². The Morgan fingerprint density at radius 3 is 3.06 bits per heavy atom. The molecule has 0 aromatic carbocycles. The minimum Gasteiger partial charge on any atom is -0.378 e. The predicted octanol–water partition coefficient (Wildman–Crippen LogP) is 2.03. The van der Waals surface area contributed by atoms with Crippen molar-refractivity contribution in [2.75, 3.05) is 6.61 Å². The lowest BCUT2D eigenvalue weighted by Crippen LogP contribution is -2.47. The molecule has 0 radical (unpaired) electrons. The Labute approximate surface area is 105 Å². The van der Waals surface area contributed by atoms with E-state index in [-0.39, 0.29) is 11.9 Å². The maximum absolute atomic E-state index is 11.8. The smallest absolute Gasteiger partial charge is 0.251 e. The highest BCUT2D eigenvalue weighted by Crippen LogP contribution is 2.23. The fourth-order valence-corrected chi connectivity index (χ4v) is 2.04. The monoisotopic (exact) mass is 254 g/mol. The van der Waals surface area contributed by atoms with Crippen LogP contribution in [0.1, 0.15) is 30.1 Å². The van der Waals surface area contributed by atoms with Crippen molar-refractivity contribution >= 4 is 17.5 Å². The first kappa shape index (κ1) is 12.3. The Balaban J connectivity index is 1.83.